The van der Waals surface area contributed by atoms with Gasteiger partial charge < -0.3 is 5.32 Å². The van der Waals surface area contributed by atoms with E-state index in [-0.39, 0.29) is 5.91 Å². The number of nitrogens with one attached hydrogen (secondary N) is 1. The summed E-state index contributed by atoms with van der Waals surface area (Å²) < 4.78 is 0. The predicted molar refractivity (Wildman–Crippen MR) is 43.1 cm³/mol. The van der Waals surface area contributed by atoms with E-state index in [0.717, 1.165) is 12.8 Å². The summed E-state index contributed by atoms with van der Waals surface area (Å²) in [6.07, 6.45) is 5.02. The molecule has 1 N–H and O–H groups in total. The molecule has 1 amide bonds. The first kappa shape index (κ1) is 9.88. The summed E-state index contributed by atoms with van der Waals surface area (Å²) in [4.78, 5) is 20.5. The topological polar surface area (TPSA) is 46.2 Å². The van der Waals surface area contributed by atoms with Crippen molar-refractivity contribution in [3.8, 4) is 0 Å². The number of aldehydes is 1. The molecule has 0 heterocycles. The van der Waals surface area contributed by atoms with Gasteiger partial charge in [-0.05, 0) is 12.5 Å². The summed E-state index contributed by atoms with van der Waals surface area (Å²) in [5.41, 5.74) is 0. The van der Waals surface area contributed by atoms with Crippen molar-refractivity contribution in [2.24, 2.45) is 0 Å². The van der Waals surface area contributed by atoms with Gasteiger partial charge in [0.15, 0.2) is 0 Å². The highest BCUT2D eigenvalue weighted by molar-refractivity contribution is 5.90. The molecule has 0 saturated heterocycles. The molecule has 0 radical (unpaired) electrons. The number of carbonyl (C=O) groups excluding carboxylic acids is 2. The average Bonchev–Trinajstić information content (AvgIpc) is 2.01. The van der Waals surface area contributed by atoms with Gasteiger partial charge in [0, 0.05) is 12.6 Å². The molecule has 11 heavy (non-hydrogen) atoms. The van der Waals surface area contributed by atoms with Crippen molar-refractivity contribution in [3.63, 3.8) is 0 Å². The Morgan fingerprint density at radius 2 is 2.27 bits per heavy atom. The van der Waals surface area contributed by atoms with E-state index in [4.69, 9.17) is 0 Å². The van der Waals surface area contributed by atoms with E-state index in [9.17, 15) is 9.59 Å². The van der Waals surface area contributed by atoms with Crippen LogP contribution in [-0.2, 0) is 9.59 Å². The molecular weight excluding hydrogens is 142 g/mol. The van der Waals surface area contributed by atoms with E-state index in [1.807, 2.05) is 6.92 Å². The molecule has 0 bridgehead atoms. The van der Waals surface area contributed by atoms with Crippen LogP contribution in [0, 0.1) is 0 Å². The van der Waals surface area contributed by atoms with Gasteiger partial charge in [0.25, 0.3) is 0 Å². The lowest BCUT2D eigenvalue weighted by atomic mass is 10.3. The highest BCUT2D eigenvalue weighted by Gasteiger charge is 1.90. The second kappa shape index (κ2) is 6.99. The first-order chi connectivity index (χ1) is 5.31. The van der Waals surface area contributed by atoms with Crippen LogP contribution >= 0.6 is 0 Å². The van der Waals surface area contributed by atoms with Gasteiger partial charge >= 0.3 is 0 Å². The smallest absolute Gasteiger partial charge is 0.244 e. The SMILES string of the molecule is CCCCNC(=O)/C=C\C=O. The van der Waals surface area contributed by atoms with Crippen LogP contribution in [0.5, 0.6) is 0 Å². The Labute approximate surface area is 66.5 Å². The molecule has 0 aromatic carbocycles. The van der Waals surface area contributed by atoms with Gasteiger partial charge in [0.1, 0.15) is 6.29 Å². The minimum absolute atomic E-state index is 0.203. The first-order valence-corrected chi connectivity index (χ1v) is 3.71. The van der Waals surface area contributed by atoms with Crippen LogP contribution in [0.2, 0.25) is 0 Å². The Morgan fingerprint density at radius 3 is 2.82 bits per heavy atom. The molecule has 62 valence electrons. The zero-order valence-corrected chi connectivity index (χ0v) is 6.67. The van der Waals surface area contributed by atoms with Gasteiger partial charge in [0.05, 0.1) is 0 Å². The molecule has 0 aliphatic carbocycles. The molecule has 0 unspecified atom stereocenters. The maximum atomic E-state index is 10.7. The minimum Gasteiger partial charge on any atom is -0.353 e. The van der Waals surface area contributed by atoms with Crippen LogP contribution in [0.25, 0.3) is 0 Å². The van der Waals surface area contributed by atoms with Crippen molar-refractivity contribution in [2.45, 2.75) is 19.8 Å². The Balaban J connectivity index is 3.37. The molecule has 3 nitrogen and oxygen atoms in total. The largest absolute Gasteiger partial charge is 0.353 e. The summed E-state index contributed by atoms with van der Waals surface area (Å²) in [6.45, 7) is 2.73. The monoisotopic (exact) mass is 155 g/mol. The zero-order chi connectivity index (χ0) is 8.53. The molecule has 0 atom stereocenters. The third-order valence-electron chi connectivity index (χ3n) is 1.16. The lowest BCUT2D eigenvalue weighted by Crippen LogP contribution is -2.21. The minimum atomic E-state index is -0.203. The second-order valence-electron chi connectivity index (χ2n) is 2.14. The summed E-state index contributed by atoms with van der Waals surface area (Å²) in [7, 11) is 0. The molecule has 0 aliphatic heterocycles. The molecular formula is C8H13NO2. The van der Waals surface area contributed by atoms with Gasteiger partial charge in [-0.2, -0.15) is 0 Å². The second-order valence-corrected chi connectivity index (χ2v) is 2.14. The van der Waals surface area contributed by atoms with E-state index >= 15 is 0 Å². The number of rotatable bonds is 5. The molecule has 0 aromatic rings. The molecule has 3 heteroatoms. The molecule has 0 aromatic heterocycles. The number of hydrogen-bond donors (Lipinski definition) is 1. The molecule has 0 fully saturated rings. The fourth-order valence-electron chi connectivity index (χ4n) is 0.574. The Bertz CT molecular complexity index is 152. The number of carbonyl (C=O) groups is 2. The van der Waals surface area contributed by atoms with Crippen LogP contribution in [0.4, 0.5) is 0 Å². The molecule has 0 aliphatic rings. The lowest BCUT2D eigenvalue weighted by Gasteiger charge is -1.97. The summed E-state index contributed by atoms with van der Waals surface area (Å²) >= 11 is 0. The predicted octanol–water partition coefficient (Wildman–Crippen LogP) is 0.658. The fourth-order valence-corrected chi connectivity index (χ4v) is 0.574. The van der Waals surface area contributed by atoms with Crippen molar-refractivity contribution in [2.75, 3.05) is 6.54 Å². The highest BCUT2D eigenvalue weighted by atomic mass is 16.1. The molecule has 0 rings (SSSR count). The van der Waals surface area contributed by atoms with Gasteiger partial charge in [-0.25, -0.2) is 0 Å². The number of amides is 1. The number of unbranched alkanes of at least 4 members (excludes halogenated alkanes) is 1. The van der Waals surface area contributed by atoms with Gasteiger partial charge in [-0.3, -0.25) is 9.59 Å². The average molecular weight is 155 g/mol. The van der Waals surface area contributed by atoms with Crippen molar-refractivity contribution in [1.82, 2.24) is 5.32 Å². The third-order valence-corrected chi connectivity index (χ3v) is 1.16. The van der Waals surface area contributed by atoms with E-state index in [0.29, 0.717) is 12.8 Å². The highest BCUT2D eigenvalue weighted by Crippen LogP contribution is 1.82. The maximum absolute atomic E-state index is 10.7. The van der Waals surface area contributed by atoms with Crippen molar-refractivity contribution >= 4 is 12.2 Å². The zero-order valence-electron chi connectivity index (χ0n) is 6.67. The first-order valence-electron chi connectivity index (χ1n) is 3.71. The van der Waals surface area contributed by atoms with Crippen LogP contribution in [0.15, 0.2) is 12.2 Å². The van der Waals surface area contributed by atoms with Gasteiger partial charge in [-0.15, -0.1) is 0 Å². The van der Waals surface area contributed by atoms with Crippen molar-refractivity contribution < 1.29 is 9.59 Å². The van der Waals surface area contributed by atoms with E-state index in [2.05, 4.69) is 5.32 Å². The number of hydrogen-bond acceptors (Lipinski definition) is 2. The Kier molecular flexibility index (Phi) is 6.28. The summed E-state index contributed by atoms with van der Waals surface area (Å²) in [5.74, 6) is -0.203. The summed E-state index contributed by atoms with van der Waals surface area (Å²) in [6, 6.07) is 0. The van der Waals surface area contributed by atoms with Crippen LogP contribution in [-0.4, -0.2) is 18.7 Å². The van der Waals surface area contributed by atoms with E-state index in [1.54, 1.807) is 0 Å². The van der Waals surface area contributed by atoms with E-state index in [1.165, 1.54) is 12.2 Å². The number of allylic oxidation sites excluding steroid dienone is 1. The van der Waals surface area contributed by atoms with Gasteiger partial charge in [0.2, 0.25) is 5.91 Å². The standard InChI is InChI=1S/C8H13NO2/c1-2-3-6-9-8(11)5-4-7-10/h4-5,7H,2-3,6H2,1H3,(H,9,11)/b5-4-. The Hall–Kier alpha value is -1.12. The lowest BCUT2D eigenvalue weighted by molar-refractivity contribution is -0.116. The fraction of sp³-hybridized carbons (Fsp3) is 0.500. The van der Waals surface area contributed by atoms with Crippen LogP contribution in [0.1, 0.15) is 19.8 Å². The summed E-state index contributed by atoms with van der Waals surface area (Å²) in [5, 5.41) is 2.63. The quantitative estimate of drug-likeness (QED) is 0.360. The Morgan fingerprint density at radius 1 is 1.55 bits per heavy atom. The van der Waals surface area contributed by atoms with E-state index < -0.39 is 0 Å². The van der Waals surface area contributed by atoms with Crippen LogP contribution in [0.3, 0.4) is 0 Å². The molecule has 0 spiro atoms. The maximum Gasteiger partial charge on any atom is 0.244 e. The van der Waals surface area contributed by atoms with Crippen LogP contribution < -0.4 is 5.32 Å². The van der Waals surface area contributed by atoms with Crippen molar-refractivity contribution in [3.05, 3.63) is 12.2 Å². The third kappa shape index (κ3) is 6.77. The molecule has 0 saturated carbocycles. The van der Waals surface area contributed by atoms with Gasteiger partial charge in [-0.1, -0.05) is 13.3 Å². The van der Waals surface area contributed by atoms with Crippen molar-refractivity contribution in [1.29, 1.82) is 0 Å². The normalized spacial score (nSPS) is 9.91.